The summed E-state index contributed by atoms with van der Waals surface area (Å²) in [6, 6.07) is 16.5. The molecule has 0 amide bonds. The fourth-order valence-electron chi connectivity index (χ4n) is 7.74. The summed E-state index contributed by atoms with van der Waals surface area (Å²) in [7, 11) is 0. The maximum absolute atomic E-state index is 14.3. The number of tetrazole rings is 1. The first-order valence-electron chi connectivity index (χ1n) is 17.2. The van der Waals surface area contributed by atoms with Crippen LogP contribution in [0.1, 0.15) is 115 Å². The second-order valence-corrected chi connectivity index (χ2v) is 14.2. The molecule has 1 N–H and O–H groups in total. The van der Waals surface area contributed by atoms with E-state index in [1.807, 2.05) is 43.7 Å². The summed E-state index contributed by atoms with van der Waals surface area (Å²) in [6.07, 6.45) is 11.2. The van der Waals surface area contributed by atoms with Crippen molar-refractivity contribution in [3.63, 3.8) is 0 Å². The van der Waals surface area contributed by atoms with Crippen molar-refractivity contribution in [2.24, 2.45) is 5.41 Å². The number of nitrogens with one attached hydrogen (secondary N) is 1. The number of esters is 1. The van der Waals surface area contributed by atoms with E-state index in [4.69, 9.17) is 4.74 Å². The van der Waals surface area contributed by atoms with Crippen LogP contribution < -0.4 is 5.56 Å². The molecule has 9 nitrogen and oxygen atoms in total. The Morgan fingerprint density at radius 1 is 1.00 bits per heavy atom. The number of benzene rings is 2. The van der Waals surface area contributed by atoms with E-state index in [0.717, 1.165) is 104 Å². The number of rotatable bonds is 10. The second-order valence-electron chi connectivity index (χ2n) is 14.2. The van der Waals surface area contributed by atoms with Gasteiger partial charge in [-0.25, -0.2) is 9.78 Å². The largest absolute Gasteiger partial charge is 0.459 e. The Balaban J connectivity index is 1.38. The molecule has 0 saturated heterocycles. The van der Waals surface area contributed by atoms with Gasteiger partial charge in [0.15, 0.2) is 5.82 Å². The van der Waals surface area contributed by atoms with Gasteiger partial charge in [0.2, 0.25) is 0 Å². The predicted molar refractivity (Wildman–Crippen MR) is 179 cm³/mol. The number of carbonyl (C=O) groups is 1. The average Bonchev–Trinajstić information content (AvgIpc) is 3.69. The fraction of sp³-hybridized carbons (Fsp3) is 0.541. The van der Waals surface area contributed by atoms with Gasteiger partial charge < -0.3 is 4.74 Å². The molecule has 1 atom stereocenters. The molecule has 46 heavy (non-hydrogen) atoms. The third-order valence-corrected chi connectivity index (χ3v) is 9.90. The van der Waals surface area contributed by atoms with Crippen LogP contribution in [0.25, 0.3) is 22.5 Å². The average molecular weight is 625 g/mol. The van der Waals surface area contributed by atoms with Gasteiger partial charge in [0.05, 0.1) is 11.5 Å². The van der Waals surface area contributed by atoms with Crippen molar-refractivity contribution in [1.29, 1.82) is 0 Å². The van der Waals surface area contributed by atoms with Gasteiger partial charge in [0.25, 0.3) is 5.56 Å². The van der Waals surface area contributed by atoms with Crippen LogP contribution >= 0.6 is 0 Å². The molecule has 1 fully saturated rings. The molecule has 6 rings (SSSR count). The highest BCUT2D eigenvalue weighted by Crippen LogP contribution is 2.50. The first-order chi connectivity index (χ1) is 22.2. The SMILES string of the molecule is CCCCCc1c(Cc2ccc(-c3ccccc3-c3nnn[nH]3)cc2)c(=O)n2n1C(C1(C(=O)OC(C)(C)C)CCCCC1)CCC2. The summed E-state index contributed by atoms with van der Waals surface area (Å²) < 4.78 is 10.4. The van der Waals surface area contributed by atoms with Gasteiger partial charge in [-0.2, -0.15) is 0 Å². The molecule has 0 bridgehead atoms. The van der Waals surface area contributed by atoms with Crippen molar-refractivity contribution in [1.82, 2.24) is 30.0 Å². The molecule has 2 aromatic heterocycles. The van der Waals surface area contributed by atoms with Crippen LogP contribution in [0, 0.1) is 5.41 Å². The first-order valence-corrected chi connectivity index (χ1v) is 17.2. The zero-order valence-electron chi connectivity index (χ0n) is 27.8. The van der Waals surface area contributed by atoms with Crippen LogP contribution in [0.2, 0.25) is 0 Å². The fourth-order valence-corrected chi connectivity index (χ4v) is 7.74. The summed E-state index contributed by atoms with van der Waals surface area (Å²) >= 11 is 0. The molecule has 2 aromatic carbocycles. The number of carbonyl (C=O) groups excluding carboxylic acids is 1. The Hall–Kier alpha value is -4.01. The van der Waals surface area contributed by atoms with Crippen LogP contribution in [0.5, 0.6) is 0 Å². The summed E-state index contributed by atoms with van der Waals surface area (Å²) in [6.45, 7) is 8.77. The molecule has 4 aromatic rings. The minimum Gasteiger partial charge on any atom is -0.459 e. The smallest absolute Gasteiger partial charge is 0.314 e. The number of ether oxygens (including phenoxy) is 1. The lowest BCUT2D eigenvalue weighted by Gasteiger charge is -2.46. The maximum atomic E-state index is 14.3. The Kier molecular flexibility index (Phi) is 9.29. The minimum absolute atomic E-state index is 0.0704. The molecule has 2 aliphatic rings. The van der Waals surface area contributed by atoms with Gasteiger partial charge in [-0.05, 0) is 86.4 Å². The normalized spacial score (nSPS) is 17.9. The number of H-pyrrole nitrogens is 1. The highest BCUT2D eigenvalue weighted by Gasteiger charge is 2.51. The number of hydrogen-bond acceptors (Lipinski definition) is 6. The molecular formula is C37H48N6O3. The minimum atomic E-state index is -0.607. The maximum Gasteiger partial charge on any atom is 0.314 e. The van der Waals surface area contributed by atoms with Crippen LogP contribution in [0.3, 0.4) is 0 Å². The molecule has 1 aliphatic carbocycles. The van der Waals surface area contributed by atoms with Crippen molar-refractivity contribution in [2.45, 2.75) is 123 Å². The van der Waals surface area contributed by atoms with Crippen molar-refractivity contribution < 1.29 is 9.53 Å². The van der Waals surface area contributed by atoms with E-state index >= 15 is 0 Å². The number of unbranched alkanes of at least 4 members (excludes halogenated alkanes) is 2. The van der Waals surface area contributed by atoms with E-state index in [9.17, 15) is 9.59 Å². The van der Waals surface area contributed by atoms with E-state index in [1.54, 1.807) is 0 Å². The summed E-state index contributed by atoms with van der Waals surface area (Å²) in [5.74, 6) is 0.540. The van der Waals surface area contributed by atoms with E-state index in [-0.39, 0.29) is 17.6 Å². The standard InChI is InChI=1S/C37H48N6O3/c1-5-6-8-16-31-30(25-26-18-20-27(21-19-26)28-14-9-10-15-29(28)33-38-40-41-39-33)34(44)42-24-13-17-32(43(31)42)37(22-11-7-12-23-37)35(45)46-36(2,3)4/h9-10,14-15,18-21,32H,5-8,11-13,16-17,22-25H2,1-4H3,(H,38,39,40,41). The van der Waals surface area contributed by atoms with Crippen molar-refractivity contribution in [2.75, 3.05) is 0 Å². The predicted octanol–water partition coefficient (Wildman–Crippen LogP) is 7.45. The third-order valence-electron chi connectivity index (χ3n) is 9.90. The molecule has 244 valence electrons. The topological polar surface area (TPSA) is 108 Å². The van der Waals surface area contributed by atoms with Crippen LogP contribution in [-0.2, 0) is 28.9 Å². The van der Waals surface area contributed by atoms with Crippen molar-refractivity contribution >= 4 is 5.97 Å². The summed E-state index contributed by atoms with van der Waals surface area (Å²) in [5, 5.41) is 14.5. The summed E-state index contributed by atoms with van der Waals surface area (Å²) in [4.78, 5) is 28.4. The first kappa shape index (κ1) is 32.0. The Labute approximate surface area is 271 Å². The number of aromatic amines is 1. The lowest BCUT2D eigenvalue weighted by Crippen LogP contribution is -2.48. The second kappa shape index (κ2) is 13.4. The molecule has 0 spiro atoms. The third kappa shape index (κ3) is 6.33. The summed E-state index contributed by atoms with van der Waals surface area (Å²) in [5.41, 5.74) is 5.05. The molecule has 0 radical (unpaired) electrons. The van der Waals surface area contributed by atoms with Crippen LogP contribution in [0.15, 0.2) is 53.3 Å². The van der Waals surface area contributed by atoms with Gasteiger partial charge in [0.1, 0.15) is 5.60 Å². The van der Waals surface area contributed by atoms with Crippen molar-refractivity contribution in [3.8, 4) is 22.5 Å². The molecule has 1 unspecified atom stereocenters. The van der Waals surface area contributed by atoms with Crippen molar-refractivity contribution in [3.05, 3.63) is 75.7 Å². The molecule has 1 aliphatic heterocycles. The van der Waals surface area contributed by atoms with Crippen LogP contribution in [-0.4, -0.2) is 41.6 Å². The van der Waals surface area contributed by atoms with E-state index in [1.165, 1.54) is 0 Å². The zero-order valence-corrected chi connectivity index (χ0v) is 27.8. The number of aromatic nitrogens is 6. The monoisotopic (exact) mass is 624 g/mol. The molecular weight excluding hydrogens is 576 g/mol. The Morgan fingerprint density at radius 2 is 1.74 bits per heavy atom. The highest BCUT2D eigenvalue weighted by molar-refractivity contribution is 5.80. The van der Waals surface area contributed by atoms with Gasteiger partial charge in [-0.1, -0.05) is 87.6 Å². The lowest BCUT2D eigenvalue weighted by molar-refractivity contribution is -0.175. The highest BCUT2D eigenvalue weighted by atomic mass is 16.6. The molecule has 9 heteroatoms. The van der Waals surface area contributed by atoms with Crippen LogP contribution in [0.4, 0.5) is 0 Å². The van der Waals surface area contributed by atoms with Gasteiger partial charge in [-0.3, -0.25) is 14.3 Å². The number of hydrogen-bond donors (Lipinski definition) is 1. The number of nitrogens with zero attached hydrogens (tertiary/aromatic N) is 5. The van der Waals surface area contributed by atoms with E-state index in [2.05, 4.69) is 62.6 Å². The van der Waals surface area contributed by atoms with Gasteiger partial charge in [-0.15, -0.1) is 5.10 Å². The zero-order chi connectivity index (χ0) is 32.3. The van der Waals surface area contributed by atoms with Gasteiger partial charge >= 0.3 is 5.97 Å². The molecule has 3 heterocycles. The van der Waals surface area contributed by atoms with E-state index < -0.39 is 11.0 Å². The van der Waals surface area contributed by atoms with E-state index in [0.29, 0.717) is 18.8 Å². The molecule has 1 saturated carbocycles. The van der Waals surface area contributed by atoms with Gasteiger partial charge in [0, 0.05) is 29.8 Å². The lowest BCUT2D eigenvalue weighted by atomic mass is 9.67. The Morgan fingerprint density at radius 3 is 2.41 bits per heavy atom. The quantitative estimate of drug-likeness (QED) is 0.145. The number of fused-ring (bicyclic) bond motifs is 1. The Bertz CT molecular complexity index is 1690.